The van der Waals surface area contributed by atoms with Gasteiger partial charge in [0.2, 0.25) is 0 Å². The summed E-state index contributed by atoms with van der Waals surface area (Å²) in [6.07, 6.45) is 9.27. The summed E-state index contributed by atoms with van der Waals surface area (Å²) in [6, 6.07) is 7.89. The molecule has 5 rings (SSSR count). The number of aromatic nitrogens is 1. The van der Waals surface area contributed by atoms with Gasteiger partial charge >= 0.3 is 6.03 Å². The van der Waals surface area contributed by atoms with Crippen LogP contribution in [0, 0.1) is 5.92 Å². The van der Waals surface area contributed by atoms with E-state index in [4.69, 9.17) is 5.73 Å². The van der Waals surface area contributed by atoms with Crippen molar-refractivity contribution >= 4 is 22.8 Å². The summed E-state index contributed by atoms with van der Waals surface area (Å²) < 4.78 is 0. The first-order valence-electron chi connectivity index (χ1n) is 11.6. The molecule has 1 aliphatic carbocycles. The van der Waals surface area contributed by atoms with E-state index in [9.17, 15) is 9.59 Å². The largest absolute Gasteiger partial charge is 0.356 e. The van der Waals surface area contributed by atoms with Gasteiger partial charge < -0.3 is 15.6 Å². The lowest BCUT2D eigenvalue weighted by atomic mass is 9.78. The third-order valence-corrected chi connectivity index (χ3v) is 7.36. The lowest BCUT2D eigenvalue weighted by Crippen LogP contribution is -2.46. The van der Waals surface area contributed by atoms with Crippen LogP contribution in [0.5, 0.6) is 0 Å². The van der Waals surface area contributed by atoms with Crippen LogP contribution in [0.25, 0.3) is 10.9 Å². The van der Waals surface area contributed by atoms with Crippen molar-refractivity contribution in [1.29, 1.82) is 0 Å². The van der Waals surface area contributed by atoms with E-state index in [0.29, 0.717) is 25.4 Å². The number of H-pyrrole nitrogens is 1. The highest BCUT2D eigenvalue weighted by molar-refractivity contribution is 6.05. The number of carbonyl (C=O) groups is 2. The number of nitrogens with one attached hydrogen (secondary N) is 1. The van der Waals surface area contributed by atoms with Crippen LogP contribution < -0.4 is 5.73 Å². The number of urea groups is 1. The zero-order valence-corrected chi connectivity index (χ0v) is 17.6. The van der Waals surface area contributed by atoms with Gasteiger partial charge in [-0.1, -0.05) is 43.9 Å². The minimum absolute atomic E-state index is 0.00973. The number of para-hydroxylation sites is 1. The predicted molar refractivity (Wildman–Crippen MR) is 117 cm³/mol. The van der Waals surface area contributed by atoms with E-state index in [1.54, 1.807) is 0 Å². The lowest BCUT2D eigenvalue weighted by Gasteiger charge is -2.41. The molecule has 0 bridgehead atoms. The first kappa shape index (κ1) is 19.6. The average Bonchev–Trinajstić information content (AvgIpc) is 3.26. The summed E-state index contributed by atoms with van der Waals surface area (Å²) in [7, 11) is 0. The maximum Gasteiger partial charge on any atom is 0.328 e. The molecule has 1 aromatic carbocycles. The number of hydrogen-bond acceptors (Lipinski definition) is 3. The topological polar surface area (TPSA) is 82.4 Å². The molecule has 0 spiro atoms. The molecule has 2 atom stereocenters. The third kappa shape index (κ3) is 3.13. The molecule has 1 aromatic heterocycles. The SMILES string of the molecule is NCCCCCN1C(=O)[C@@H]2Cc3c([nH]c4ccccc34)[C@@H](C3CCCCC3)N2C1=O. The highest BCUT2D eigenvalue weighted by Crippen LogP contribution is 2.47. The van der Waals surface area contributed by atoms with Gasteiger partial charge in [0.05, 0.1) is 6.04 Å². The molecule has 2 fully saturated rings. The Labute approximate surface area is 177 Å². The highest BCUT2D eigenvalue weighted by atomic mass is 16.2. The first-order chi connectivity index (χ1) is 14.7. The molecule has 6 heteroatoms. The second-order valence-corrected chi connectivity index (χ2v) is 9.15. The summed E-state index contributed by atoms with van der Waals surface area (Å²) in [5.74, 6) is 0.409. The molecule has 2 aliphatic heterocycles. The lowest BCUT2D eigenvalue weighted by molar-refractivity contribution is -0.129. The van der Waals surface area contributed by atoms with Gasteiger partial charge in [-0.2, -0.15) is 0 Å². The van der Waals surface area contributed by atoms with Crippen LogP contribution >= 0.6 is 0 Å². The van der Waals surface area contributed by atoms with Crippen molar-refractivity contribution in [1.82, 2.24) is 14.8 Å². The Kier molecular flexibility index (Phi) is 5.27. The number of nitrogens with zero attached hydrogens (tertiary/aromatic N) is 2. The maximum atomic E-state index is 13.5. The molecular formula is C24H32N4O2. The number of amides is 3. The number of benzene rings is 1. The molecule has 3 heterocycles. The van der Waals surface area contributed by atoms with Crippen LogP contribution in [-0.2, 0) is 11.2 Å². The molecule has 3 N–H and O–H groups in total. The van der Waals surface area contributed by atoms with Crippen molar-refractivity contribution in [2.24, 2.45) is 11.7 Å². The zero-order chi connectivity index (χ0) is 20.7. The quantitative estimate of drug-likeness (QED) is 0.557. The Morgan fingerprint density at radius 2 is 1.83 bits per heavy atom. The second kappa shape index (κ2) is 8.06. The van der Waals surface area contributed by atoms with Gasteiger partial charge in [0.25, 0.3) is 5.91 Å². The monoisotopic (exact) mass is 408 g/mol. The zero-order valence-electron chi connectivity index (χ0n) is 17.6. The Hall–Kier alpha value is -2.34. The fourth-order valence-electron chi connectivity index (χ4n) is 5.90. The molecule has 1 saturated heterocycles. The number of imide groups is 1. The average molecular weight is 409 g/mol. The molecule has 1 saturated carbocycles. The number of carbonyl (C=O) groups excluding carboxylic acids is 2. The van der Waals surface area contributed by atoms with Gasteiger partial charge in [0.15, 0.2) is 0 Å². The number of nitrogens with two attached hydrogens (primary N) is 1. The minimum Gasteiger partial charge on any atom is -0.356 e. The standard InChI is InChI=1S/C24H32N4O2/c25-13-7-2-8-14-27-23(29)20-15-18-17-11-5-6-12-19(17)26-21(18)22(28(20)24(27)30)16-9-3-1-4-10-16/h5-6,11-12,16,20,22,26H,1-4,7-10,13-15,25H2/t20-,22+/m0/s1. The van der Waals surface area contributed by atoms with E-state index in [1.807, 2.05) is 11.0 Å². The van der Waals surface area contributed by atoms with Crippen LogP contribution in [0.1, 0.15) is 68.7 Å². The van der Waals surface area contributed by atoms with Crippen LogP contribution in [0.4, 0.5) is 4.79 Å². The van der Waals surface area contributed by atoms with Crippen molar-refractivity contribution in [3.8, 4) is 0 Å². The van der Waals surface area contributed by atoms with E-state index >= 15 is 0 Å². The molecule has 3 aliphatic rings. The normalized spacial score (nSPS) is 24.6. The van der Waals surface area contributed by atoms with Crippen molar-refractivity contribution in [2.75, 3.05) is 13.1 Å². The van der Waals surface area contributed by atoms with E-state index in [0.717, 1.165) is 37.6 Å². The summed E-state index contributed by atoms with van der Waals surface area (Å²) in [6.45, 7) is 1.17. The summed E-state index contributed by atoms with van der Waals surface area (Å²) >= 11 is 0. The molecule has 160 valence electrons. The predicted octanol–water partition coefficient (Wildman–Crippen LogP) is 4.11. The van der Waals surface area contributed by atoms with E-state index in [2.05, 4.69) is 23.2 Å². The van der Waals surface area contributed by atoms with E-state index in [-0.39, 0.29) is 24.0 Å². The van der Waals surface area contributed by atoms with Crippen molar-refractivity contribution in [2.45, 2.75) is 69.9 Å². The van der Waals surface area contributed by atoms with Crippen LogP contribution in [0.2, 0.25) is 0 Å². The van der Waals surface area contributed by atoms with Gasteiger partial charge in [-0.05, 0) is 49.8 Å². The van der Waals surface area contributed by atoms with Crippen LogP contribution in [-0.4, -0.2) is 45.9 Å². The molecule has 6 nitrogen and oxygen atoms in total. The Morgan fingerprint density at radius 3 is 2.63 bits per heavy atom. The van der Waals surface area contributed by atoms with Gasteiger partial charge in [0.1, 0.15) is 6.04 Å². The number of aromatic amines is 1. The maximum absolute atomic E-state index is 13.5. The Morgan fingerprint density at radius 1 is 1.03 bits per heavy atom. The fraction of sp³-hybridized carbons (Fsp3) is 0.583. The number of unbranched alkanes of at least 4 members (excludes halogenated alkanes) is 2. The number of fused-ring (bicyclic) bond motifs is 4. The Bertz CT molecular complexity index is 946. The van der Waals surface area contributed by atoms with Crippen molar-refractivity contribution in [3.63, 3.8) is 0 Å². The molecule has 2 aromatic rings. The minimum atomic E-state index is -0.356. The molecular weight excluding hydrogens is 376 g/mol. The second-order valence-electron chi connectivity index (χ2n) is 9.15. The number of rotatable bonds is 6. The Balaban J connectivity index is 1.51. The van der Waals surface area contributed by atoms with Gasteiger partial charge in [0, 0.05) is 29.6 Å². The highest BCUT2D eigenvalue weighted by Gasteiger charge is 2.53. The number of hydrogen-bond donors (Lipinski definition) is 2. The van der Waals surface area contributed by atoms with E-state index < -0.39 is 0 Å². The van der Waals surface area contributed by atoms with Gasteiger partial charge in [-0.3, -0.25) is 9.69 Å². The first-order valence-corrected chi connectivity index (χ1v) is 11.6. The third-order valence-electron chi connectivity index (χ3n) is 7.36. The van der Waals surface area contributed by atoms with E-state index in [1.165, 1.54) is 40.8 Å². The van der Waals surface area contributed by atoms with Crippen LogP contribution in [0.3, 0.4) is 0 Å². The smallest absolute Gasteiger partial charge is 0.328 e. The molecule has 0 radical (unpaired) electrons. The van der Waals surface area contributed by atoms with Gasteiger partial charge in [-0.25, -0.2) is 4.79 Å². The van der Waals surface area contributed by atoms with Crippen LogP contribution in [0.15, 0.2) is 24.3 Å². The summed E-state index contributed by atoms with van der Waals surface area (Å²) in [5.41, 5.74) is 9.13. The van der Waals surface area contributed by atoms with Crippen molar-refractivity contribution in [3.05, 3.63) is 35.5 Å². The summed E-state index contributed by atoms with van der Waals surface area (Å²) in [4.78, 5) is 33.9. The fourth-order valence-corrected chi connectivity index (χ4v) is 5.90. The molecule has 0 unspecified atom stereocenters. The molecule has 3 amide bonds. The van der Waals surface area contributed by atoms with Gasteiger partial charge in [-0.15, -0.1) is 0 Å². The van der Waals surface area contributed by atoms with Crippen molar-refractivity contribution < 1.29 is 9.59 Å². The molecule has 30 heavy (non-hydrogen) atoms. The summed E-state index contributed by atoms with van der Waals surface area (Å²) in [5, 5.41) is 1.20.